The number of phenolic OH excluding ortho intramolecular Hbond substituents is 1. The molecule has 0 fully saturated rings. The van der Waals surface area contributed by atoms with Crippen molar-refractivity contribution in [3.63, 3.8) is 0 Å². The van der Waals surface area contributed by atoms with Gasteiger partial charge in [0, 0.05) is 51.7 Å². The predicted octanol–water partition coefficient (Wildman–Crippen LogP) is 4.73. The molecule has 10 heteroatoms. The van der Waals surface area contributed by atoms with Gasteiger partial charge in [-0.3, -0.25) is 4.79 Å². The van der Waals surface area contributed by atoms with Crippen molar-refractivity contribution in [3.8, 4) is 28.7 Å². The average Bonchev–Trinajstić information content (AvgIpc) is 2.90. The number of carbonyl (C=O) groups is 1. The maximum atomic E-state index is 13.4. The van der Waals surface area contributed by atoms with Gasteiger partial charge in [0.2, 0.25) is 0 Å². The van der Waals surface area contributed by atoms with Gasteiger partial charge in [-0.05, 0) is 44.6 Å². The first kappa shape index (κ1) is 30.7. The zero-order chi connectivity index (χ0) is 27.9. The Bertz CT molecular complexity index is 1100. The number of carbonyl (C=O) groups excluding carboxylic acids is 1. The predicted molar refractivity (Wildman–Crippen MR) is 141 cm³/mol. The lowest BCUT2D eigenvalue weighted by Crippen LogP contribution is -2.09. The highest BCUT2D eigenvalue weighted by Gasteiger charge is 2.23. The van der Waals surface area contributed by atoms with E-state index < -0.39 is 5.78 Å². The minimum absolute atomic E-state index is 0.00499. The van der Waals surface area contributed by atoms with E-state index in [-0.39, 0.29) is 44.2 Å². The van der Waals surface area contributed by atoms with Gasteiger partial charge in [-0.1, -0.05) is 11.6 Å². The molecule has 0 aliphatic heterocycles. The Balaban J connectivity index is 2.52. The Morgan fingerprint density at radius 2 is 1.37 bits per heavy atom. The lowest BCUT2D eigenvalue weighted by molar-refractivity contribution is 0.0448. The molecule has 2 aromatic rings. The summed E-state index contributed by atoms with van der Waals surface area (Å²) in [4.78, 5) is 13.4. The van der Waals surface area contributed by atoms with Crippen molar-refractivity contribution in [2.45, 2.75) is 20.3 Å². The normalized spacial score (nSPS) is 10.9. The molecule has 0 aliphatic carbocycles. The summed E-state index contributed by atoms with van der Waals surface area (Å²) >= 11 is 0. The third-order valence-corrected chi connectivity index (χ3v) is 5.03. The Morgan fingerprint density at radius 1 is 0.789 bits per heavy atom. The molecule has 0 atom stereocenters. The summed E-state index contributed by atoms with van der Waals surface area (Å²) in [6.07, 6.45) is 5.14. The van der Waals surface area contributed by atoms with Crippen LogP contribution in [0.2, 0.25) is 0 Å². The van der Waals surface area contributed by atoms with Crippen LogP contribution >= 0.6 is 0 Å². The molecule has 38 heavy (non-hydrogen) atoms. The van der Waals surface area contributed by atoms with Crippen molar-refractivity contribution in [2.24, 2.45) is 0 Å². The van der Waals surface area contributed by atoms with E-state index >= 15 is 0 Å². The number of hydrogen-bond donors (Lipinski definition) is 1. The number of methoxy groups -OCH3 is 4. The van der Waals surface area contributed by atoms with E-state index in [0.29, 0.717) is 34.8 Å². The molecule has 0 unspecified atom stereocenters. The molecule has 0 aliphatic rings. The van der Waals surface area contributed by atoms with Crippen LogP contribution in [0, 0.1) is 0 Å². The van der Waals surface area contributed by atoms with Crippen molar-refractivity contribution < 1.29 is 47.8 Å². The molecule has 0 heterocycles. The molecule has 208 valence electrons. The third kappa shape index (κ3) is 9.07. The fourth-order valence-electron chi connectivity index (χ4n) is 3.26. The average molecular weight is 533 g/mol. The highest BCUT2D eigenvalue weighted by atomic mass is 16.7. The fourth-order valence-corrected chi connectivity index (χ4v) is 3.26. The highest BCUT2D eigenvalue weighted by Crippen LogP contribution is 2.40. The second-order valence-corrected chi connectivity index (χ2v) is 8.16. The number of phenols is 1. The molecule has 0 amide bonds. The van der Waals surface area contributed by atoms with Crippen LogP contribution in [0.1, 0.15) is 35.3 Å². The summed E-state index contributed by atoms with van der Waals surface area (Å²) < 4.78 is 42.4. The first-order valence-corrected chi connectivity index (χ1v) is 11.7. The van der Waals surface area contributed by atoms with Crippen molar-refractivity contribution in [2.75, 3.05) is 55.6 Å². The van der Waals surface area contributed by atoms with Gasteiger partial charge in [0.05, 0.1) is 0 Å². The van der Waals surface area contributed by atoms with Crippen LogP contribution in [-0.2, 0) is 25.4 Å². The van der Waals surface area contributed by atoms with Crippen molar-refractivity contribution in [3.05, 3.63) is 58.7 Å². The summed E-state index contributed by atoms with van der Waals surface area (Å²) in [5, 5.41) is 11.2. The van der Waals surface area contributed by atoms with Gasteiger partial charge in [0.1, 0.15) is 34.3 Å². The number of ketones is 1. The van der Waals surface area contributed by atoms with Gasteiger partial charge in [-0.2, -0.15) is 0 Å². The first-order valence-electron chi connectivity index (χ1n) is 11.7. The van der Waals surface area contributed by atoms with E-state index in [2.05, 4.69) is 0 Å². The van der Waals surface area contributed by atoms with Gasteiger partial charge >= 0.3 is 0 Å². The lowest BCUT2D eigenvalue weighted by Gasteiger charge is -2.18. The van der Waals surface area contributed by atoms with Crippen LogP contribution in [-0.4, -0.2) is 66.5 Å². The zero-order valence-electron chi connectivity index (χ0n) is 22.7. The van der Waals surface area contributed by atoms with Gasteiger partial charge in [-0.25, -0.2) is 0 Å². The molecular weight excluding hydrogens is 496 g/mol. The Kier molecular flexibility index (Phi) is 13.2. The molecular formula is C28H36O10. The molecule has 0 spiro atoms. The van der Waals surface area contributed by atoms with Crippen LogP contribution in [0.25, 0.3) is 6.08 Å². The molecule has 0 bridgehead atoms. The van der Waals surface area contributed by atoms with Gasteiger partial charge in [0.15, 0.2) is 33.0 Å². The van der Waals surface area contributed by atoms with Crippen molar-refractivity contribution in [1.29, 1.82) is 0 Å². The molecule has 0 radical (unpaired) electrons. The smallest absolute Gasteiger partial charge is 0.193 e. The summed E-state index contributed by atoms with van der Waals surface area (Å²) in [7, 11) is 5.96. The lowest BCUT2D eigenvalue weighted by atomic mass is 9.99. The molecule has 1 N–H and O–H groups in total. The second-order valence-electron chi connectivity index (χ2n) is 8.16. The van der Waals surface area contributed by atoms with Crippen LogP contribution in [0.15, 0.2) is 42.0 Å². The van der Waals surface area contributed by atoms with Crippen molar-refractivity contribution >= 4 is 11.9 Å². The quantitative estimate of drug-likeness (QED) is 0.133. The Morgan fingerprint density at radius 3 is 1.97 bits per heavy atom. The SMILES string of the molecule is COCOc1ccc(/C=C\C(=O)c2c(OCOC)cc(OCOC)c(CC=C(C)C)c2O)c(OCOC)c1. The van der Waals surface area contributed by atoms with Gasteiger partial charge in [-0.15, -0.1) is 0 Å². The van der Waals surface area contributed by atoms with Crippen LogP contribution < -0.4 is 18.9 Å². The topological polar surface area (TPSA) is 111 Å². The Labute approximate surface area is 223 Å². The molecule has 2 rings (SSSR count). The number of ether oxygens (including phenoxy) is 8. The maximum absolute atomic E-state index is 13.4. The zero-order valence-corrected chi connectivity index (χ0v) is 22.7. The van der Waals surface area contributed by atoms with E-state index in [4.69, 9.17) is 37.9 Å². The number of hydrogen-bond acceptors (Lipinski definition) is 10. The van der Waals surface area contributed by atoms with Crippen LogP contribution in [0.3, 0.4) is 0 Å². The van der Waals surface area contributed by atoms with Crippen LogP contribution in [0.4, 0.5) is 0 Å². The standard InChI is InChI=1S/C28H36O10/c1-19(2)7-11-22-25(37-17-33-5)14-26(38-18-34-6)27(28(22)30)23(29)12-9-20-8-10-21(35-15-31-3)13-24(20)36-16-32-4/h7-10,12-14,30H,11,15-18H2,1-6H3/b12-9-. The van der Waals surface area contributed by atoms with E-state index in [0.717, 1.165) is 5.57 Å². The summed E-state index contributed by atoms with van der Waals surface area (Å²) in [5.41, 5.74) is 2.02. The monoisotopic (exact) mass is 532 g/mol. The van der Waals surface area contributed by atoms with Crippen molar-refractivity contribution in [1.82, 2.24) is 0 Å². The largest absolute Gasteiger partial charge is 0.507 e. The maximum Gasteiger partial charge on any atom is 0.193 e. The Hall–Kier alpha value is -3.57. The molecule has 10 nitrogen and oxygen atoms in total. The van der Waals surface area contributed by atoms with E-state index in [1.54, 1.807) is 30.3 Å². The van der Waals surface area contributed by atoms with Gasteiger partial charge in [0.25, 0.3) is 0 Å². The van der Waals surface area contributed by atoms with E-state index in [1.165, 1.54) is 34.5 Å². The van der Waals surface area contributed by atoms with Gasteiger partial charge < -0.3 is 43.0 Å². The highest BCUT2D eigenvalue weighted by molar-refractivity contribution is 6.11. The molecule has 0 aromatic heterocycles. The third-order valence-electron chi connectivity index (χ3n) is 5.03. The molecule has 0 saturated heterocycles. The summed E-state index contributed by atoms with van der Waals surface area (Å²) in [6.45, 7) is 3.75. The summed E-state index contributed by atoms with van der Waals surface area (Å²) in [6, 6.07) is 6.64. The number of benzene rings is 2. The molecule has 2 aromatic carbocycles. The van der Waals surface area contributed by atoms with E-state index in [1.807, 2.05) is 19.9 Å². The fraction of sp³-hybridized carbons (Fsp3) is 0.393. The molecule has 0 saturated carbocycles. The van der Waals surface area contributed by atoms with Crippen LogP contribution in [0.5, 0.6) is 28.7 Å². The minimum atomic E-state index is -0.497. The second kappa shape index (κ2) is 16.3. The number of rotatable bonds is 17. The number of aromatic hydroxyl groups is 1. The number of allylic oxidation sites excluding steroid dienone is 3. The summed E-state index contributed by atoms with van der Waals surface area (Å²) in [5.74, 6) is 0.626. The minimum Gasteiger partial charge on any atom is -0.507 e. The van der Waals surface area contributed by atoms with E-state index in [9.17, 15) is 9.90 Å². The first-order chi connectivity index (χ1) is 18.4.